The Labute approximate surface area is 99.6 Å². The van der Waals surface area contributed by atoms with Gasteiger partial charge in [-0.15, -0.1) is 5.10 Å². The number of aryl methyl sites for hydroxylation is 1. The van der Waals surface area contributed by atoms with Gasteiger partial charge in [-0.1, -0.05) is 0 Å². The molecule has 0 saturated heterocycles. The molecule has 0 atom stereocenters. The maximum Gasteiger partial charge on any atom is 0.405 e. The molecular weight excluding hydrogens is 257 g/mol. The second-order valence-electron chi connectivity index (χ2n) is 3.53. The molecule has 0 fully saturated rings. The fourth-order valence-corrected chi connectivity index (χ4v) is 1.42. The first kappa shape index (κ1) is 14.2. The third-order valence-electron chi connectivity index (χ3n) is 2.03. The minimum Gasteiger partial charge on any atom is -0.395 e. The fourth-order valence-electron chi connectivity index (χ4n) is 1.42. The number of hydrogen-bond donors (Lipinski definition) is 1. The van der Waals surface area contributed by atoms with Crippen molar-refractivity contribution in [2.24, 2.45) is 7.05 Å². The molecule has 1 aromatic rings. The zero-order chi connectivity index (χ0) is 13.9. The van der Waals surface area contributed by atoms with E-state index in [4.69, 9.17) is 5.11 Å². The van der Waals surface area contributed by atoms with Gasteiger partial charge in [0.1, 0.15) is 12.7 Å². The molecule has 0 spiro atoms. The van der Waals surface area contributed by atoms with Gasteiger partial charge >= 0.3 is 11.9 Å². The van der Waals surface area contributed by atoms with E-state index in [0.29, 0.717) is 4.90 Å². The van der Waals surface area contributed by atoms with Gasteiger partial charge in [-0.05, 0) is 0 Å². The Balaban J connectivity index is 3.08. The topological polar surface area (TPSA) is 84.4 Å². The third kappa shape index (κ3) is 3.58. The van der Waals surface area contributed by atoms with E-state index in [1.54, 1.807) is 0 Å². The lowest BCUT2D eigenvalue weighted by Crippen LogP contribution is -2.37. The van der Waals surface area contributed by atoms with Crippen LogP contribution in [0.4, 0.5) is 24.7 Å². The third-order valence-corrected chi connectivity index (χ3v) is 2.03. The predicted octanol–water partition coefficient (Wildman–Crippen LogP) is 0.689. The first-order valence-electron chi connectivity index (χ1n) is 4.85. The lowest BCUT2D eigenvalue weighted by atomic mass is 10.4. The van der Waals surface area contributed by atoms with Crippen molar-refractivity contribution in [2.45, 2.75) is 6.18 Å². The van der Waals surface area contributed by atoms with E-state index in [0.717, 1.165) is 10.9 Å². The van der Waals surface area contributed by atoms with Gasteiger partial charge in [0.15, 0.2) is 0 Å². The molecule has 0 aliphatic rings. The number of nitrogens with zero attached hydrogens (tertiary/aromatic N) is 4. The van der Waals surface area contributed by atoms with Crippen LogP contribution in [0.5, 0.6) is 0 Å². The van der Waals surface area contributed by atoms with Gasteiger partial charge in [0.05, 0.1) is 11.5 Å². The fraction of sp³-hybridized carbons (Fsp3) is 0.625. The van der Waals surface area contributed by atoms with E-state index < -0.39 is 42.3 Å². The Morgan fingerprint density at radius 3 is 2.67 bits per heavy atom. The second kappa shape index (κ2) is 5.21. The van der Waals surface area contributed by atoms with Crippen LogP contribution in [0.15, 0.2) is 6.20 Å². The van der Waals surface area contributed by atoms with Crippen molar-refractivity contribution in [1.29, 1.82) is 0 Å². The largest absolute Gasteiger partial charge is 0.405 e. The quantitative estimate of drug-likeness (QED) is 0.627. The maximum atomic E-state index is 12.3. The molecule has 0 saturated carbocycles. The standard InChI is InChI=1S/C8H11F3N4O3/c1-13-4-6(15(17)18)7(12-13)14(2-3-16)5-8(9,10)11/h4,16H,2-3,5H2,1H3. The normalized spacial score (nSPS) is 11.6. The number of halogens is 3. The SMILES string of the molecule is Cn1cc([N+](=O)[O-])c(N(CCO)CC(F)(F)F)n1. The van der Waals surface area contributed by atoms with Crippen molar-refractivity contribution in [1.82, 2.24) is 9.78 Å². The van der Waals surface area contributed by atoms with Crippen LogP contribution in [-0.2, 0) is 7.05 Å². The first-order chi connectivity index (χ1) is 8.24. The summed E-state index contributed by atoms with van der Waals surface area (Å²) in [5, 5.41) is 23.0. The van der Waals surface area contributed by atoms with Crippen molar-refractivity contribution in [2.75, 3.05) is 24.6 Å². The molecule has 0 aliphatic carbocycles. The molecule has 0 bridgehead atoms. The average molecular weight is 268 g/mol. The lowest BCUT2D eigenvalue weighted by Gasteiger charge is -2.21. The number of anilines is 1. The van der Waals surface area contributed by atoms with Crippen molar-refractivity contribution in [3.8, 4) is 0 Å². The van der Waals surface area contributed by atoms with E-state index in [-0.39, 0.29) is 0 Å². The molecule has 0 amide bonds. The Morgan fingerprint density at radius 2 is 2.22 bits per heavy atom. The predicted molar refractivity (Wildman–Crippen MR) is 55.2 cm³/mol. The van der Waals surface area contributed by atoms with Gasteiger partial charge in [-0.2, -0.15) is 13.2 Å². The number of rotatable bonds is 5. The number of aliphatic hydroxyl groups is 1. The van der Waals surface area contributed by atoms with E-state index >= 15 is 0 Å². The Morgan fingerprint density at radius 1 is 1.61 bits per heavy atom. The zero-order valence-corrected chi connectivity index (χ0v) is 9.39. The summed E-state index contributed by atoms with van der Waals surface area (Å²) in [6.07, 6.45) is -3.53. The Hall–Kier alpha value is -1.84. The first-order valence-corrected chi connectivity index (χ1v) is 4.85. The van der Waals surface area contributed by atoms with Gasteiger partial charge < -0.3 is 10.0 Å². The minimum absolute atomic E-state index is 0.392. The van der Waals surface area contributed by atoms with Crippen molar-refractivity contribution in [3.63, 3.8) is 0 Å². The van der Waals surface area contributed by atoms with Gasteiger partial charge in [-0.25, -0.2) is 0 Å². The van der Waals surface area contributed by atoms with Crippen LogP contribution in [0.25, 0.3) is 0 Å². The van der Waals surface area contributed by atoms with E-state index in [2.05, 4.69) is 5.10 Å². The molecule has 7 nitrogen and oxygen atoms in total. The van der Waals surface area contributed by atoms with Gasteiger partial charge in [0.2, 0.25) is 5.82 Å². The highest BCUT2D eigenvalue weighted by Crippen LogP contribution is 2.28. The molecular formula is C8H11F3N4O3. The summed E-state index contributed by atoms with van der Waals surface area (Å²) in [4.78, 5) is 10.5. The highest BCUT2D eigenvalue weighted by atomic mass is 19.4. The number of nitro groups is 1. The molecule has 0 unspecified atom stereocenters. The molecule has 0 aromatic carbocycles. The number of aromatic nitrogens is 2. The molecule has 0 aliphatic heterocycles. The van der Waals surface area contributed by atoms with Crippen LogP contribution < -0.4 is 4.90 Å². The van der Waals surface area contributed by atoms with Crippen LogP contribution in [-0.4, -0.2) is 45.7 Å². The highest BCUT2D eigenvalue weighted by Gasteiger charge is 2.34. The number of aliphatic hydroxyl groups excluding tert-OH is 1. The monoisotopic (exact) mass is 268 g/mol. The highest BCUT2D eigenvalue weighted by molar-refractivity contribution is 5.56. The summed E-state index contributed by atoms with van der Waals surface area (Å²) < 4.78 is 38.0. The molecule has 1 N–H and O–H groups in total. The van der Waals surface area contributed by atoms with Gasteiger partial charge in [0.25, 0.3) is 0 Å². The molecule has 0 radical (unpaired) electrons. The van der Waals surface area contributed by atoms with Crippen molar-refractivity contribution in [3.05, 3.63) is 16.3 Å². The maximum absolute atomic E-state index is 12.3. The molecule has 102 valence electrons. The number of hydrogen-bond acceptors (Lipinski definition) is 5. The summed E-state index contributed by atoms with van der Waals surface area (Å²) in [7, 11) is 1.36. The average Bonchev–Trinajstić information content (AvgIpc) is 2.58. The molecule has 1 aromatic heterocycles. The second-order valence-corrected chi connectivity index (χ2v) is 3.53. The Kier molecular flexibility index (Phi) is 4.11. The smallest absolute Gasteiger partial charge is 0.395 e. The van der Waals surface area contributed by atoms with Crippen molar-refractivity contribution >= 4 is 11.5 Å². The van der Waals surface area contributed by atoms with Gasteiger partial charge in [0, 0.05) is 13.6 Å². The van der Waals surface area contributed by atoms with Crippen LogP contribution in [0.2, 0.25) is 0 Å². The van der Waals surface area contributed by atoms with E-state index in [1.165, 1.54) is 7.05 Å². The molecule has 18 heavy (non-hydrogen) atoms. The van der Waals surface area contributed by atoms with Crippen molar-refractivity contribution < 1.29 is 23.2 Å². The summed E-state index contributed by atoms with van der Waals surface area (Å²) in [5.41, 5.74) is -0.532. The molecule has 1 rings (SSSR count). The van der Waals surface area contributed by atoms with Crippen LogP contribution >= 0.6 is 0 Å². The van der Waals surface area contributed by atoms with Crippen LogP contribution in [0, 0.1) is 10.1 Å². The summed E-state index contributed by atoms with van der Waals surface area (Å²) >= 11 is 0. The molecule has 10 heteroatoms. The zero-order valence-electron chi connectivity index (χ0n) is 9.39. The van der Waals surface area contributed by atoms with E-state index in [1.807, 2.05) is 0 Å². The lowest BCUT2D eigenvalue weighted by molar-refractivity contribution is -0.384. The van der Waals surface area contributed by atoms with Gasteiger partial charge in [-0.3, -0.25) is 14.8 Å². The summed E-state index contributed by atoms with van der Waals surface area (Å²) in [5.74, 6) is -0.408. The number of alkyl halides is 3. The Bertz CT molecular complexity index is 432. The minimum atomic E-state index is -4.54. The molecule has 1 heterocycles. The van der Waals surface area contributed by atoms with E-state index in [9.17, 15) is 23.3 Å². The van der Waals surface area contributed by atoms with Crippen LogP contribution in [0.3, 0.4) is 0 Å². The summed E-state index contributed by atoms with van der Waals surface area (Å²) in [6, 6.07) is 0. The summed E-state index contributed by atoms with van der Waals surface area (Å²) in [6.45, 7) is -2.37. The van der Waals surface area contributed by atoms with Crippen LogP contribution in [0.1, 0.15) is 0 Å².